The molecule has 6 nitrogen and oxygen atoms in total. The topological polar surface area (TPSA) is 62.8 Å². The first kappa shape index (κ1) is 22.0. The summed E-state index contributed by atoms with van der Waals surface area (Å²) >= 11 is 1.62. The van der Waals surface area contributed by atoms with Crippen LogP contribution in [0.1, 0.15) is 22.6 Å². The first-order valence-corrected chi connectivity index (χ1v) is 12.1. The third kappa shape index (κ3) is 4.75. The molecule has 2 amide bonds. The van der Waals surface area contributed by atoms with Gasteiger partial charge >= 0.3 is 6.03 Å². The van der Waals surface area contributed by atoms with Crippen LogP contribution in [0.2, 0.25) is 0 Å². The average Bonchev–Trinajstić information content (AvgIpc) is 3.57. The molecule has 0 aliphatic carbocycles. The van der Waals surface area contributed by atoms with Gasteiger partial charge in [-0.1, -0.05) is 48.0 Å². The Hall–Kier alpha value is -3.84. The van der Waals surface area contributed by atoms with Crippen LogP contribution in [0.4, 0.5) is 10.5 Å². The van der Waals surface area contributed by atoms with Gasteiger partial charge in [-0.25, -0.2) is 9.78 Å². The van der Waals surface area contributed by atoms with Gasteiger partial charge in [0, 0.05) is 41.5 Å². The van der Waals surface area contributed by atoms with E-state index < -0.39 is 0 Å². The molecular weight excluding hydrogens is 444 g/mol. The SMILES string of the molecule is Cc1ccc(-c2cn3c(CCN(Cc4ccco4)C(=O)Nc4ccccc4C)csc3n2)cc1. The largest absolute Gasteiger partial charge is 0.467 e. The Balaban J connectivity index is 1.34. The Bertz CT molecular complexity index is 1400. The number of thiazole rings is 1. The number of carbonyl (C=O) groups excluding carboxylic acids is 1. The quantitative estimate of drug-likeness (QED) is 0.293. The number of aromatic nitrogens is 2. The van der Waals surface area contributed by atoms with Crippen molar-refractivity contribution < 1.29 is 9.21 Å². The van der Waals surface area contributed by atoms with Crippen LogP contribution in [0.5, 0.6) is 0 Å². The number of furan rings is 1. The van der Waals surface area contributed by atoms with Gasteiger partial charge in [0.25, 0.3) is 0 Å². The highest BCUT2D eigenvalue weighted by Gasteiger charge is 2.18. The summed E-state index contributed by atoms with van der Waals surface area (Å²) in [6, 6.07) is 19.8. The van der Waals surface area contributed by atoms with Gasteiger partial charge in [-0.15, -0.1) is 11.3 Å². The lowest BCUT2D eigenvalue weighted by molar-refractivity contribution is 0.204. The zero-order chi connectivity index (χ0) is 23.5. The van der Waals surface area contributed by atoms with E-state index in [1.54, 1.807) is 22.5 Å². The number of rotatable bonds is 7. The maximum Gasteiger partial charge on any atom is 0.322 e. The van der Waals surface area contributed by atoms with E-state index in [9.17, 15) is 4.79 Å². The molecule has 1 N–H and O–H groups in total. The standard InChI is InChI=1S/C27H26N4O2S/c1-19-9-11-21(12-10-19)25-17-31-22(18-34-27(31)29-25)13-14-30(16-23-7-5-15-33-23)26(32)28-24-8-4-3-6-20(24)2/h3-12,15,17-18H,13-14,16H2,1-2H3,(H,28,32). The van der Waals surface area contributed by atoms with Crippen molar-refractivity contribution in [3.8, 4) is 11.3 Å². The molecule has 0 radical (unpaired) electrons. The molecular formula is C27H26N4O2S. The van der Waals surface area contributed by atoms with E-state index in [4.69, 9.17) is 9.40 Å². The molecule has 7 heteroatoms. The second kappa shape index (κ2) is 9.57. The molecule has 0 bridgehead atoms. The highest BCUT2D eigenvalue weighted by atomic mass is 32.1. The average molecular weight is 471 g/mol. The number of carbonyl (C=O) groups is 1. The minimum absolute atomic E-state index is 0.150. The predicted octanol–water partition coefficient (Wildman–Crippen LogP) is 6.55. The van der Waals surface area contributed by atoms with Crippen LogP contribution in [-0.2, 0) is 13.0 Å². The number of benzene rings is 2. The number of hydrogen-bond acceptors (Lipinski definition) is 4. The Labute approximate surface area is 202 Å². The van der Waals surface area contributed by atoms with E-state index in [0.717, 1.165) is 38.9 Å². The summed E-state index contributed by atoms with van der Waals surface area (Å²) in [5.41, 5.74) is 6.25. The monoisotopic (exact) mass is 470 g/mol. The molecule has 34 heavy (non-hydrogen) atoms. The van der Waals surface area contributed by atoms with Crippen LogP contribution >= 0.6 is 11.3 Å². The van der Waals surface area contributed by atoms with Crippen LogP contribution in [0.3, 0.4) is 0 Å². The Kier molecular flexibility index (Phi) is 6.18. The van der Waals surface area contributed by atoms with Crippen LogP contribution in [-0.4, -0.2) is 26.9 Å². The normalized spacial score (nSPS) is 11.1. The molecule has 3 aromatic heterocycles. The van der Waals surface area contributed by atoms with Crippen LogP contribution in [0.15, 0.2) is 82.9 Å². The van der Waals surface area contributed by atoms with Gasteiger partial charge in [-0.2, -0.15) is 0 Å². The van der Waals surface area contributed by atoms with E-state index >= 15 is 0 Å². The summed E-state index contributed by atoms with van der Waals surface area (Å²) in [6.07, 6.45) is 4.41. The number of anilines is 1. The third-order valence-corrected chi connectivity index (χ3v) is 6.76. The van der Waals surface area contributed by atoms with Gasteiger partial charge in [0.15, 0.2) is 4.96 Å². The smallest absolute Gasteiger partial charge is 0.322 e. The summed E-state index contributed by atoms with van der Waals surface area (Å²) < 4.78 is 7.65. The molecule has 2 aromatic carbocycles. The molecule has 0 aliphatic heterocycles. The molecule has 0 aliphatic rings. The molecule has 0 unspecified atom stereocenters. The van der Waals surface area contributed by atoms with E-state index in [2.05, 4.69) is 52.5 Å². The lowest BCUT2D eigenvalue weighted by Crippen LogP contribution is -2.36. The number of para-hydroxylation sites is 1. The number of hydrogen-bond donors (Lipinski definition) is 1. The number of aryl methyl sites for hydroxylation is 2. The summed E-state index contributed by atoms with van der Waals surface area (Å²) in [4.78, 5) is 20.7. The van der Waals surface area contributed by atoms with Gasteiger partial charge in [0.1, 0.15) is 5.76 Å². The molecule has 5 aromatic rings. The van der Waals surface area contributed by atoms with Gasteiger partial charge in [0.05, 0.1) is 18.5 Å². The number of fused-ring (bicyclic) bond motifs is 1. The van der Waals surface area contributed by atoms with Crippen LogP contribution in [0, 0.1) is 13.8 Å². The predicted molar refractivity (Wildman–Crippen MR) is 136 cm³/mol. The number of imidazole rings is 1. The van der Waals surface area contributed by atoms with E-state index in [-0.39, 0.29) is 6.03 Å². The Morgan fingerprint density at radius 2 is 1.91 bits per heavy atom. The fourth-order valence-electron chi connectivity index (χ4n) is 3.87. The van der Waals surface area contributed by atoms with E-state index in [1.165, 1.54) is 5.56 Å². The summed E-state index contributed by atoms with van der Waals surface area (Å²) in [5, 5.41) is 5.17. The molecule has 172 valence electrons. The van der Waals surface area contributed by atoms with Crippen molar-refractivity contribution in [3.63, 3.8) is 0 Å². The number of nitrogens with zero attached hydrogens (tertiary/aromatic N) is 3. The highest BCUT2D eigenvalue weighted by molar-refractivity contribution is 7.15. The van der Waals surface area contributed by atoms with Gasteiger partial charge in [0.2, 0.25) is 0 Å². The second-order valence-electron chi connectivity index (χ2n) is 8.37. The van der Waals surface area contributed by atoms with E-state index in [0.29, 0.717) is 19.5 Å². The minimum atomic E-state index is -0.150. The lowest BCUT2D eigenvalue weighted by Gasteiger charge is -2.22. The highest BCUT2D eigenvalue weighted by Crippen LogP contribution is 2.25. The molecule has 0 fully saturated rings. The molecule has 0 saturated heterocycles. The van der Waals surface area contributed by atoms with Gasteiger partial charge in [-0.3, -0.25) is 4.40 Å². The molecule has 3 heterocycles. The number of nitrogens with one attached hydrogen (secondary N) is 1. The maximum absolute atomic E-state index is 13.2. The number of amides is 2. The zero-order valence-corrected chi connectivity index (χ0v) is 20.0. The Morgan fingerprint density at radius 3 is 2.68 bits per heavy atom. The van der Waals surface area contributed by atoms with Crippen LogP contribution in [0.25, 0.3) is 16.2 Å². The van der Waals surface area contributed by atoms with Gasteiger partial charge in [-0.05, 0) is 37.6 Å². The molecule has 0 spiro atoms. The second-order valence-corrected chi connectivity index (χ2v) is 9.20. The van der Waals surface area contributed by atoms with Crippen molar-refractivity contribution in [1.82, 2.24) is 14.3 Å². The van der Waals surface area contributed by atoms with E-state index in [1.807, 2.05) is 43.3 Å². The third-order valence-electron chi connectivity index (χ3n) is 5.87. The fourth-order valence-corrected chi connectivity index (χ4v) is 4.78. The lowest BCUT2D eigenvalue weighted by atomic mass is 10.1. The van der Waals surface area contributed by atoms with Crippen molar-refractivity contribution in [1.29, 1.82) is 0 Å². The van der Waals surface area contributed by atoms with Crippen molar-refractivity contribution in [2.24, 2.45) is 0 Å². The van der Waals surface area contributed by atoms with Crippen molar-refractivity contribution in [3.05, 3.63) is 101 Å². The first-order valence-electron chi connectivity index (χ1n) is 11.2. The fraction of sp³-hybridized carbons (Fsp3) is 0.185. The molecule has 0 saturated carbocycles. The summed E-state index contributed by atoms with van der Waals surface area (Å²) in [5.74, 6) is 0.750. The zero-order valence-electron chi connectivity index (χ0n) is 19.2. The van der Waals surface area contributed by atoms with Crippen molar-refractivity contribution >= 4 is 28.0 Å². The Morgan fingerprint density at radius 1 is 1.09 bits per heavy atom. The summed E-state index contributed by atoms with van der Waals surface area (Å²) in [7, 11) is 0. The van der Waals surface area contributed by atoms with Crippen molar-refractivity contribution in [2.45, 2.75) is 26.8 Å². The van der Waals surface area contributed by atoms with Crippen LogP contribution < -0.4 is 5.32 Å². The van der Waals surface area contributed by atoms with Gasteiger partial charge < -0.3 is 14.6 Å². The summed E-state index contributed by atoms with van der Waals surface area (Å²) in [6.45, 7) is 5.01. The number of urea groups is 1. The molecule has 0 atom stereocenters. The first-order chi connectivity index (χ1) is 16.6. The van der Waals surface area contributed by atoms with Crippen molar-refractivity contribution in [2.75, 3.05) is 11.9 Å². The molecule has 5 rings (SSSR count). The maximum atomic E-state index is 13.2. The minimum Gasteiger partial charge on any atom is -0.467 e.